The summed E-state index contributed by atoms with van der Waals surface area (Å²) in [5.74, 6) is 1.33. The Hall–Kier alpha value is -0.900. The van der Waals surface area contributed by atoms with Crippen molar-refractivity contribution in [1.82, 2.24) is 15.2 Å². The topological polar surface area (TPSA) is 50.7 Å². The molecular formula is C9H15ClN4. The second-order valence-electron chi connectivity index (χ2n) is 3.79. The van der Waals surface area contributed by atoms with E-state index in [2.05, 4.69) is 41.3 Å². The summed E-state index contributed by atoms with van der Waals surface area (Å²) < 4.78 is 0. The summed E-state index contributed by atoms with van der Waals surface area (Å²) in [7, 11) is 0. The van der Waals surface area contributed by atoms with E-state index in [-0.39, 0.29) is 5.28 Å². The molecule has 0 aromatic carbocycles. The van der Waals surface area contributed by atoms with Gasteiger partial charge in [-0.05, 0) is 30.9 Å². The predicted molar refractivity (Wildman–Crippen MR) is 57.4 cm³/mol. The largest absolute Gasteiger partial charge is 0.366 e. The average molecular weight is 215 g/mol. The van der Waals surface area contributed by atoms with Crippen LogP contribution in [-0.4, -0.2) is 21.2 Å². The predicted octanol–water partition coefficient (Wildman–Crippen LogP) is 2.37. The zero-order chi connectivity index (χ0) is 10.6. The zero-order valence-corrected chi connectivity index (χ0v) is 9.41. The summed E-state index contributed by atoms with van der Waals surface area (Å²) in [5, 5.41) is 10.7. The highest BCUT2D eigenvalue weighted by atomic mass is 35.5. The number of halogens is 1. The van der Waals surface area contributed by atoms with Crippen LogP contribution >= 0.6 is 11.6 Å². The third-order valence-corrected chi connectivity index (χ3v) is 1.91. The van der Waals surface area contributed by atoms with E-state index in [1.54, 1.807) is 6.20 Å². The van der Waals surface area contributed by atoms with E-state index in [1.165, 1.54) is 0 Å². The van der Waals surface area contributed by atoms with Gasteiger partial charge in [-0.3, -0.25) is 0 Å². The molecule has 14 heavy (non-hydrogen) atoms. The quantitative estimate of drug-likeness (QED) is 0.836. The summed E-state index contributed by atoms with van der Waals surface area (Å²) in [4.78, 5) is 4.00. The van der Waals surface area contributed by atoms with Gasteiger partial charge in [-0.1, -0.05) is 13.8 Å². The number of hydrogen-bond donors (Lipinski definition) is 1. The van der Waals surface area contributed by atoms with Crippen molar-refractivity contribution in [3.63, 3.8) is 0 Å². The normalized spacial score (nSPS) is 12.9. The van der Waals surface area contributed by atoms with Crippen LogP contribution in [0.2, 0.25) is 5.28 Å². The van der Waals surface area contributed by atoms with Gasteiger partial charge < -0.3 is 5.32 Å². The number of rotatable bonds is 4. The molecule has 78 valence electrons. The first kappa shape index (κ1) is 11.2. The Labute approximate surface area is 89.1 Å². The number of nitrogens with zero attached hydrogens (tertiary/aromatic N) is 3. The van der Waals surface area contributed by atoms with Crippen LogP contribution in [0.25, 0.3) is 0 Å². The number of aromatic nitrogens is 3. The Morgan fingerprint density at radius 1 is 1.43 bits per heavy atom. The molecule has 1 rings (SSSR count). The Bertz CT molecular complexity index is 290. The first-order valence-corrected chi connectivity index (χ1v) is 5.07. The monoisotopic (exact) mass is 214 g/mol. The Kier molecular flexibility index (Phi) is 4.07. The third kappa shape index (κ3) is 3.87. The molecule has 1 heterocycles. The van der Waals surface area contributed by atoms with Crippen molar-refractivity contribution in [2.45, 2.75) is 33.2 Å². The van der Waals surface area contributed by atoms with Gasteiger partial charge in [0.1, 0.15) is 5.82 Å². The van der Waals surface area contributed by atoms with E-state index in [4.69, 9.17) is 11.6 Å². The molecule has 0 amide bonds. The molecule has 5 heteroatoms. The molecule has 4 nitrogen and oxygen atoms in total. The van der Waals surface area contributed by atoms with Crippen molar-refractivity contribution in [2.24, 2.45) is 5.92 Å². The van der Waals surface area contributed by atoms with Gasteiger partial charge in [0.05, 0.1) is 6.20 Å². The maximum atomic E-state index is 5.61. The highest BCUT2D eigenvalue weighted by Gasteiger charge is 2.06. The van der Waals surface area contributed by atoms with Crippen molar-refractivity contribution in [1.29, 1.82) is 0 Å². The van der Waals surface area contributed by atoms with Crippen molar-refractivity contribution in [2.75, 3.05) is 5.32 Å². The van der Waals surface area contributed by atoms with Crippen LogP contribution in [-0.2, 0) is 0 Å². The highest BCUT2D eigenvalue weighted by molar-refractivity contribution is 6.28. The van der Waals surface area contributed by atoms with Crippen molar-refractivity contribution in [3.8, 4) is 0 Å². The lowest BCUT2D eigenvalue weighted by Crippen LogP contribution is -2.18. The van der Waals surface area contributed by atoms with Crippen molar-refractivity contribution >= 4 is 17.4 Å². The molecule has 0 radical (unpaired) electrons. The van der Waals surface area contributed by atoms with Crippen LogP contribution in [0.15, 0.2) is 6.20 Å². The van der Waals surface area contributed by atoms with Gasteiger partial charge in [-0.25, -0.2) is 0 Å². The van der Waals surface area contributed by atoms with E-state index < -0.39 is 0 Å². The van der Waals surface area contributed by atoms with E-state index in [0.29, 0.717) is 17.8 Å². The van der Waals surface area contributed by atoms with Gasteiger partial charge in [-0.2, -0.15) is 10.1 Å². The lowest BCUT2D eigenvalue weighted by Gasteiger charge is -2.15. The second-order valence-corrected chi connectivity index (χ2v) is 4.12. The van der Waals surface area contributed by atoms with Crippen molar-refractivity contribution in [3.05, 3.63) is 11.5 Å². The fourth-order valence-corrected chi connectivity index (χ4v) is 1.50. The second kappa shape index (κ2) is 5.10. The van der Waals surface area contributed by atoms with E-state index >= 15 is 0 Å². The molecule has 0 aliphatic rings. The maximum Gasteiger partial charge on any atom is 0.244 e. The molecule has 0 bridgehead atoms. The van der Waals surface area contributed by atoms with Crippen LogP contribution in [0.5, 0.6) is 0 Å². The maximum absolute atomic E-state index is 5.61. The standard InChI is InChI=1S/C9H15ClN4/c1-6(2)4-7(3)12-8-5-11-14-9(10)13-8/h5-7H,4H2,1-3H3,(H,12,13,14). The Morgan fingerprint density at radius 3 is 2.71 bits per heavy atom. The SMILES string of the molecule is CC(C)CC(C)Nc1cnnc(Cl)n1. The fourth-order valence-electron chi connectivity index (χ4n) is 1.37. The van der Waals surface area contributed by atoms with Crippen LogP contribution in [0.1, 0.15) is 27.2 Å². The van der Waals surface area contributed by atoms with Gasteiger partial charge >= 0.3 is 0 Å². The molecule has 0 aliphatic carbocycles. The van der Waals surface area contributed by atoms with Gasteiger partial charge in [-0.15, -0.1) is 5.10 Å². The zero-order valence-electron chi connectivity index (χ0n) is 8.66. The fraction of sp³-hybridized carbons (Fsp3) is 0.667. The summed E-state index contributed by atoms with van der Waals surface area (Å²) in [6.07, 6.45) is 2.66. The minimum absolute atomic E-state index is 0.173. The van der Waals surface area contributed by atoms with Crippen molar-refractivity contribution < 1.29 is 0 Å². The Morgan fingerprint density at radius 2 is 2.14 bits per heavy atom. The third-order valence-electron chi connectivity index (χ3n) is 1.75. The van der Waals surface area contributed by atoms with Gasteiger partial charge in [0.2, 0.25) is 5.28 Å². The summed E-state index contributed by atoms with van der Waals surface area (Å²) >= 11 is 5.61. The highest BCUT2D eigenvalue weighted by Crippen LogP contribution is 2.10. The van der Waals surface area contributed by atoms with Gasteiger partial charge in [0.15, 0.2) is 0 Å². The molecule has 0 saturated heterocycles. The minimum Gasteiger partial charge on any atom is -0.366 e. The lowest BCUT2D eigenvalue weighted by molar-refractivity contribution is 0.538. The molecule has 1 aromatic heterocycles. The molecule has 1 unspecified atom stereocenters. The summed E-state index contributed by atoms with van der Waals surface area (Å²) in [6, 6.07) is 0.364. The first-order valence-electron chi connectivity index (χ1n) is 4.69. The number of hydrogen-bond acceptors (Lipinski definition) is 4. The van der Waals surface area contributed by atoms with Crippen LogP contribution in [0, 0.1) is 5.92 Å². The molecule has 0 saturated carbocycles. The van der Waals surface area contributed by atoms with Crippen LogP contribution < -0.4 is 5.32 Å². The Balaban J connectivity index is 2.51. The molecule has 1 aromatic rings. The molecule has 1 atom stereocenters. The minimum atomic E-state index is 0.173. The van der Waals surface area contributed by atoms with Crippen LogP contribution in [0.4, 0.5) is 5.82 Å². The molecule has 0 fully saturated rings. The van der Waals surface area contributed by atoms with Gasteiger partial charge in [0, 0.05) is 6.04 Å². The number of nitrogens with one attached hydrogen (secondary N) is 1. The molecule has 0 aliphatic heterocycles. The van der Waals surface area contributed by atoms with E-state index in [0.717, 1.165) is 6.42 Å². The molecule has 0 spiro atoms. The van der Waals surface area contributed by atoms with E-state index in [1.807, 2.05) is 0 Å². The summed E-state index contributed by atoms with van der Waals surface area (Å²) in [6.45, 7) is 6.47. The average Bonchev–Trinajstić information content (AvgIpc) is 2.01. The van der Waals surface area contributed by atoms with Crippen LogP contribution in [0.3, 0.4) is 0 Å². The number of anilines is 1. The summed E-state index contributed by atoms with van der Waals surface area (Å²) in [5.41, 5.74) is 0. The molecular weight excluding hydrogens is 200 g/mol. The lowest BCUT2D eigenvalue weighted by atomic mass is 10.1. The van der Waals surface area contributed by atoms with Gasteiger partial charge in [0.25, 0.3) is 0 Å². The first-order chi connectivity index (χ1) is 6.58. The van der Waals surface area contributed by atoms with E-state index in [9.17, 15) is 0 Å². The molecule has 1 N–H and O–H groups in total. The smallest absolute Gasteiger partial charge is 0.244 e.